The molecule has 0 saturated carbocycles. The molecule has 0 fully saturated rings. The van der Waals surface area contributed by atoms with Gasteiger partial charge >= 0.3 is 11.6 Å². The normalized spacial score (nSPS) is 16.2. The lowest BCUT2D eigenvalue weighted by Gasteiger charge is -2.22. The van der Waals surface area contributed by atoms with Crippen molar-refractivity contribution in [2.75, 3.05) is 0 Å². The van der Waals surface area contributed by atoms with Crippen molar-refractivity contribution in [2.45, 2.75) is 58.6 Å². The van der Waals surface area contributed by atoms with E-state index in [-0.39, 0.29) is 11.5 Å². The highest BCUT2D eigenvalue weighted by Gasteiger charge is 2.28. The van der Waals surface area contributed by atoms with Crippen molar-refractivity contribution in [3.63, 3.8) is 0 Å². The molecular formula is C21H25NO6. The second-order valence-electron chi connectivity index (χ2n) is 7.33. The summed E-state index contributed by atoms with van der Waals surface area (Å²) in [5.41, 5.74) is 1.89. The van der Waals surface area contributed by atoms with Crippen molar-refractivity contribution in [3.05, 3.63) is 39.7 Å². The molecule has 7 nitrogen and oxygen atoms in total. The van der Waals surface area contributed by atoms with Crippen LogP contribution in [0.4, 0.5) is 0 Å². The molecule has 0 spiro atoms. The molecule has 0 radical (unpaired) electrons. The minimum absolute atomic E-state index is 0.203. The average molecular weight is 387 g/mol. The molecule has 0 bridgehead atoms. The Bertz CT molecular complexity index is 963. The number of ether oxygens (including phenoxy) is 1. The van der Waals surface area contributed by atoms with Crippen LogP contribution >= 0.6 is 0 Å². The van der Waals surface area contributed by atoms with Crippen LogP contribution in [0.5, 0.6) is 5.75 Å². The summed E-state index contributed by atoms with van der Waals surface area (Å²) in [6.45, 7) is 5.19. The Kier molecular flexibility index (Phi) is 5.72. The van der Waals surface area contributed by atoms with Crippen LogP contribution in [-0.4, -0.2) is 29.1 Å². The van der Waals surface area contributed by atoms with Crippen LogP contribution in [0.1, 0.15) is 44.7 Å². The maximum Gasteiger partial charge on any atom is 0.339 e. The number of hydrogen-bond acceptors (Lipinski definition) is 5. The van der Waals surface area contributed by atoms with Crippen LogP contribution in [0, 0.1) is 5.92 Å². The Hall–Kier alpha value is -2.83. The molecule has 1 aromatic heterocycles. The number of carboxylic acid groups (broad SMARTS) is 1. The smallest absolute Gasteiger partial charge is 0.339 e. The van der Waals surface area contributed by atoms with Crippen LogP contribution in [0.2, 0.25) is 0 Å². The van der Waals surface area contributed by atoms with Gasteiger partial charge in [0.05, 0.1) is 0 Å². The Labute approximate surface area is 162 Å². The molecular weight excluding hydrogens is 362 g/mol. The lowest BCUT2D eigenvalue weighted by Crippen LogP contribution is -2.49. The van der Waals surface area contributed by atoms with E-state index in [2.05, 4.69) is 5.32 Å². The minimum atomic E-state index is -1.07. The van der Waals surface area contributed by atoms with Gasteiger partial charge in [-0.3, -0.25) is 4.79 Å². The molecule has 1 heterocycles. The Morgan fingerprint density at radius 2 is 1.96 bits per heavy atom. The molecule has 150 valence electrons. The molecule has 28 heavy (non-hydrogen) atoms. The molecule has 1 aliphatic rings. The van der Waals surface area contributed by atoms with Crippen molar-refractivity contribution in [3.8, 4) is 5.75 Å². The number of fused-ring (bicyclic) bond motifs is 3. The number of amides is 1. The van der Waals surface area contributed by atoms with E-state index in [1.54, 1.807) is 26.0 Å². The molecule has 0 saturated heterocycles. The molecule has 1 amide bonds. The Morgan fingerprint density at radius 1 is 1.25 bits per heavy atom. The lowest BCUT2D eigenvalue weighted by atomic mass is 9.99. The number of hydrogen-bond donors (Lipinski definition) is 2. The van der Waals surface area contributed by atoms with Gasteiger partial charge in [0.15, 0.2) is 6.10 Å². The summed E-state index contributed by atoms with van der Waals surface area (Å²) in [5, 5.41) is 12.7. The third kappa shape index (κ3) is 3.88. The number of aliphatic carboxylic acids is 1. The predicted molar refractivity (Wildman–Crippen MR) is 104 cm³/mol. The molecule has 0 aliphatic heterocycles. The van der Waals surface area contributed by atoms with Crippen LogP contribution in [-0.2, 0) is 22.4 Å². The van der Waals surface area contributed by atoms with Crippen LogP contribution in [0.3, 0.4) is 0 Å². The molecule has 7 heteroatoms. The number of carboxylic acids is 1. The van der Waals surface area contributed by atoms with Gasteiger partial charge in [0.2, 0.25) is 0 Å². The quantitative estimate of drug-likeness (QED) is 0.708. The number of carbonyl (C=O) groups is 2. The van der Waals surface area contributed by atoms with E-state index in [0.717, 1.165) is 35.8 Å². The van der Waals surface area contributed by atoms with Crippen molar-refractivity contribution in [1.82, 2.24) is 5.32 Å². The molecule has 1 aliphatic carbocycles. The van der Waals surface area contributed by atoms with Gasteiger partial charge in [-0.2, -0.15) is 0 Å². The van der Waals surface area contributed by atoms with Gasteiger partial charge in [0, 0.05) is 17.0 Å². The number of carbonyl (C=O) groups excluding carboxylic acids is 1. The molecule has 0 unspecified atom stereocenters. The highest BCUT2D eigenvalue weighted by molar-refractivity contribution is 5.87. The monoisotopic (exact) mass is 387 g/mol. The van der Waals surface area contributed by atoms with E-state index in [1.165, 1.54) is 0 Å². The molecule has 3 rings (SSSR count). The summed E-state index contributed by atoms with van der Waals surface area (Å²) in [7, 11) is 0. The SMILES string of the molecule is CC[C@H](C)[C@H](NC(=O)[C@H](C)Oc1ccc2c3c(c(=O)oc2c1)CCC3)C(=O)O. The van der Waals surface area contributed by atoms with Gasteiger partial charge in [0.25, 0.3) is 5.91 Å². The second kappa shape index (κ2) is 8.04. The summed E-state index contributed by atoms with van der Waals surface area (Å²) in [6.07, 6.45) is 2.26. The predicted octanol–water partition coefficient (Wildman–Crippen LogP) is 2.66. The summed E-state index contributed by atoms with van der Waals surface area (Å²) >= 11 is 0. The number of rotatable bonds is 7. The summed E-state index contributed by atoms with van der Waals surface area (Å²) < 4.78 is 11.1. The maximum absolute atomic E-state index is 12.4. The van der Waals surface area contributed by atoms with Crippen molar-refractivity contribution >= 4 is 22.8 Å². The van der Waals surface area contributed by atoms with Gasteiger partial charge in [-0.25, -0.2) is 9.59 Å². The van der Waals surface area contributed by atoms with E-state index in [0.29, 0.717) is 17.8 Å². The maximum atomic E-state index is 12.4. The van der Waals surface area contributed by atoms with E-state index < -0.39 is 24.0 Å². The van der Waals surface area contributed by atoms with Gasteiger partial charge in [-0.1, -0.05) is 20.3 Å². The summed E-state index contributed by atoms with van der Waals surface area (Å²) in [4.78, 5) is 35.9. The highest BCUT2D eigenvalue weighted by Crippen LogP contribution is 2.29. The zero-order chi connectivity index (χ0) is 20.4. The third-order valence-corrected chi connectivity index (χ3v) is 5.40. The van der Waals surface area contributed by atoms with Gasteiger partial charge in [-0.15, -0.1) is 0 Å². The first kappa shape index (κ1) is 19.9. The van der Waals surface area contributed by atoms with Crippen LogP contribution < -0.4 is 15.7 Å². The molecule has 1 aromatic carbocycles. The third-order valence-electron chi connectivity index (χ3n) is 5.40. The second-order valence-corrected chi connectivity index (χ2v) is 7.33. The standard InChI is InChI=1S/C21H25NO6/c1-4-11(2)18(20(24)25)22-19(23)12(3)27-13-8-9-15-14-6-5-7-16(14)21(26)28-17(15)10-13/h8-12,18H,4-7H2,1-3H3,(H,22,23)(H,24,25)/t11-,12-,18-/m0/s1. The highest BCUT2D eigenvalue weighted by atomic mass is 16.5. The number of benzene rings is 1. The lowest BCUT2D eigenvalue weighted by molar-refractivity contribution is -0.144. The average Bonchev–Trinajstić information content (AvgIpc) is 3.15. The Morgan fingerprint density at radius 3 is 2.64 bits per heavy atom. The van der Waals surface area contributed by atoms with Gasteiger partial charge in [-0.05, 0) is 49.8 Å². The topological polar surface area (TPSA) is 106 Å². The number of nitrogens with one attached hydrogen (secondary N) is 1. The zero-order valence-corrected chi connectivity index (χ0v) is 16.3. The summed E-state index contributed by atoms with van der Waals surface area (Å²) in [6, 6.07) is 4.19. The van der Waals surface area contributed by atoms with Crippen LogP contribution in [0.15, 0.2) is 27.4 Å². The first-order valence-corrected chi connectivity index (χ1v) is 9.60. The minimum Gasteiger partial charge on any atom is -0.481 e. The van der Waals surface area contributed by atoms with E-state index in [4.69, 9.17) is 9.15 Å². The first-order chi connectivity index (χ1) is 13.3. The van der Waals surface area contributed by atoms with Gasteiger partial charge in [0.1, 0.15) is 17.4 Å². The number of aryl methyl sites for hydroxylation is 1. The molecule has 2 N–H and O–H groups in total. The summed E-state index contributed by atoms with van der Waals surface area (Å²) in [5.74, 6) is -1.41. The van der Waals surface area contributed by atoms with Crippen molar-refractivity contribution < 1.29 is 23.8 Å². The largest absolute Gasteiger partial charge is 0.481 e. The van der Waals surface area contributed by atoms with Gasteiger partial charge < -0.3 is 19.6 Å². The first-order valence-electron chi connectivity index (χ1n) is 9.60. The van der Waals surface area contributed by atoms with E-state index in [1.807, 2.05) is 13.0 Å². The van der Waals surface area contributed by atoms with Crippen molar-refractivity contribution in [2.24, 2.45) is 5.92 Å². The van der Waals surface area contributed by atoms with Crippen LogP contribution in [0.25, 0.3) is 11.0 Å². The fourth-order valence-corrected chi connectivity index (χ4v) is 3.55. The molecule has 2 aromatic rings. The fourth-order valence-electron chi connectivity index (χ4n) is 3.55. The Balaban J connectivity index is 1.76. The fraction of sp³-hybridized carbons (Fsp3) is 0.476. The van der Waals surface area contributed by atoms with Crippen molar-refractivity contribution in [1.29, 1.82) is 0 Å². The van der Waals surface area contributed by atoms with E-state index >= 15 is 0 Å². The molecule has 3 atom stereocenters. The van der Waals surface area contributed by atoms with E-state index in [9.17, 15) is 19.5 Å². The zero-order valence-electron chi connectivity index (χ0n) is 16.3.